The summed E-state index contributed by atoms with van der Waals surface area (Å²) in [5, 5.41) is 10.8. The third-order valence-electron chi connectivity index (χ3n) is 3.45. The minimum atomic E-state index is -0.905. The fraction of sp³-hybridized carbons (Fsp3) is 0.571. The molecule has 0 aromatic heterocycles. The van der Waals surface area contributed by atoms with Gasteiger partial charge in [-0.05, 0) is 25.1 Å². The second kappa shape index (κ2) is 5.16. The second-order valence-corrected chi connectivity index (χ2v) is 4.73. The van der Waals surface area contributed by atoms with E-state index in [1.165, 1.54) is 0 Å². The average molecular weight is 252 g/mol. The van der Waals surface area contributed by atoms with Crippen LogP contribution in [0.5, 0.6) is 11.5 Å². The van der Waals surface area contributed by atoms with Gasteiger partial charge < -0.3 is 19.3 Å². The molecule has 100 valence electrons. The van der Waals surface area contributed by atoms with Gasteiger partial charge in [0.25, 0.3) is 0 Å². The summed E-state index contributed by atoms with van der Waals surface area (Å²) in [4.78, 5) is 0. The van der Waals surface area contributed by atoms with Gasteiger partial charge in [-0.15, -0.1) is 0 Å². The number of methoxy groups -OCH3 is 2. The highest BCUT2D eigenvalue weighted by Gasteiger charge is 2.37. The van der Waals surface area contributed by atoms with E-state index in [1.807, 2.05) is 25.1 Å². The Balaban J connectivity index is 2.40. The smallest absolute Gasteiger partial charge is 0.125 e. The number of hydrogen-bond donors (Lipinski definition) is 1. The molecule has 2 unspecified atom stereocenters. The van der Waals surface area contributed by atoms with Gasteiger partial charge in [0.1, 0.15) is 11.5 Å². The highest BCUT2D eigenvalue weighted by Crippen LogP contribution is 2.40. The summed E-state index contributed by atoms with van der Waals surface area (Å²) in [5.41, 5.74) is -0.128. The average Bonchev–Trinajstić information content (AvgIpc) is 2.37. The predicted molar refractivity (Wildman–Crippen MR) is 68.1 cm³/mol. The molecule has 2 atom stereocenters. The molecule has 18 heavy (non-hydrogen) atoms. The molecular weight excluding hydrogens is 232 g/mol. The van der Waals surface area contributed by atoms with Crippen LogP contribution in [0.1, 0.15) is 25.3 Å². The minimum absolute atomic E-state index is 0.0413. The molecule has 0 radical (unpaired) electrons. The first-order valence-corrected chi connectivity index (χ1v) is 6.15. The van der Waals surface area contributed by atoms with Gasteiger partial charge in [0.05, 0.1) is 32.5 Å². The molecule has 0 bridgehead atoms. The number of ether oxygens (including phenoxy) is 3. The lowest BCUT2D eigenvalue weighted by molar-refractivity contribution is -0.102. The van der Waals surface area contributed by atoms with Gasteiger partial charge in [0.15, 0.2) is 0 Å². The lowest BCUT2D eigenvalue weighted by atomic mass is 9.83. The van der Waals surface area contributed by atoms with E-state index >= 15 is 0 Å². The van der Waals surface area contributed by atoms with E-state index in [9.17, 15) is 5.11 Å². The summed E-state index contributed by atoms with van der Waals surface area (Å²) in [5.74, 6) is 1.41. The fourth-order valence-electron chi connectivity index (χ4n) is 2.49. The maximum atomic E-state index is 10.8. The van der Waals surface area contributed by atoms with Gasteiger partial charge in [-0.2, -0.15) is 0 Å². The topological polar surface area (TPSA) is 47.9 Å². The van der Waals surface area contributed by atoms with Crippen molar-refractivity contribution < 1.29 is 19.3 Å². The minimum Gasteiger partial charge on any atom is -0.497 e. The van der Waals surface area contributed by atoms with E-state index in [-0.39, 0.29) is 6.10 Å². The molecule has 1 aliphatic heterocycles. The van der Waals surface area contributed by atoms with Gasteiger partial charge in [-0.25, -0.2) is 0 Å². The van der Waals surface area contributed by atoms with Crippen LogP contribution in [-0.2, 0) is 10.3 Å². The van der Waals surface area contributed by atoms with Gasteiger partial charge >= 0.3 is 0 Å². The maximum absolute atomic E-state index is 10.8. The van der Waals surface area contributed by atoms with Crippen molar-refractivity contribution in [3.8, 4) is 11.5 Å². The summed E-state index contributed by atoms with van der Waals surface area (Å²) < 4.78 is 16.1. The Morgan fingerprint density at radius 1 is 1.33 bits per heavy atom. The predicted octanol–water partition coefficient (Wildman–Crippen LogP) is 2.09. The molecular formula is C14H20O4. The van der Waals surface area contributed by atoms with Crippen LogP contribution in [0.15, 0.2) is 18.2 Å². The van der Waals surface area contributed by atoms with E-state index < -0.39 is 5.60 Å². The standard InChI is InChI=1S/C14H20O4/c1-10-9-14(15,6-7-18-10)12-8-11(16-2)4-5-13(12)17-3/h4-5,8,10,15H,6-7,9H2,1-3H3. The molecule has 4 nitrogen and oxygen atoms in total. The van der Waals surface area contributed by atoms with Crippen molar-refractivity contribution in [2.45, 2.75) is 31.5 Å². The van der Waals surface area contributed by atoms with Gasteiger partial charge in [0, 0.05) is 18.4 Å². The summed E-state index contributed by atoms with van der Waals surface area (Å²) in [6.45, 7) is 2.52. The van der Waals surface area contributed by atoms with E-state index in [4.69, 9.17) is 14.2 Å². The van der Waals surface area contributed by atoms with Crippen molar-refractivity contribution in [3.63, 3.8) is 0 Å². The van der Waals surface area contributed by atoms with E-state index in [0.29, 0.717) is 25.2 Å². The molecule has 1 aliphatic rings. The van der Waals surface area contributed by atoms with E-state index in [2.05, 4.69) is 0 Å². The molecule has 1 saturated heterocycles. The van der Waals surface area contributed by atoms with Crippen LogP contribution in [-0.4, -0.2) is 32.0 Å². The molecule has 1 N–H and O–H groups in total. The normalized spacial score (nSPS) is 27.9. The Kier molecular flexibility index (Phi) is 3.78. The van der Waals surface area contributed by atoms with Gasteiger partial charge in [-0.3, -0.25) is 0 Å². The monoisotopic (exact) mass is 252 g/mol. The molecule has 1 aromatic carbocycles. The van der Waals surface area contributed by atoms with E-state index in [1.54, 1.807) is 14.2 Å². The zero-order valence-electron chi connectivity index (χ0n) is 11.1. The fourth-order valence-corrected chi connectivity index (χ4v) is 2.49. The third kappa shape index (κ3) is 2.44. The highest BCUT2D eigenvalue weighted by atomic mass is 16.5. The molecule has 1 heterocycles. The first-order chi connectivity index (χ1) is 8.59. The highest BCUT2D eigenvalue weighted by molar-refractivity contribution is 5.44. The van der Waals surface area contributed by atoms with Gasteiger partial charge in [0.2, 0.25) is 0 Å². The first-order valence-electron chi connectivity index (χ1n) is 6.15. The summed E-state index contributed by atoms with van der Waals surface area (Å²) in [6.07, 6.45) is 1.18. The largest absolute Gasteiger partial charge is 0.497 e. The molecule has 0 saturated carbocycles. The Morgan fingerprint density at radius 3 is 2.72 bits per heavy atom. The SMILES string of the molecule is COc1ccc(OC)c(C2(O)CCOC(C)C2)c1. The van der Waals surface area contributed by atoms with Crippen molar-refractivity contribution >= 4 is 0 Å². The summed E-state index contributed by atoms with van der Waals surface area (Å²) >= 11 is 0. The van der Waals surface area contributed by atoms with Crippen LogP contribution >= 0.6 is 0 Å². The molecule has 0 spiro atoms. The van der Waals surface area contributed by atoms with Crippen molar-refractivity contribution in [1.29, 1.82) is 0 Å². The van der Waals surface area contributed by atoms with Crippen LogP contribution in [0.4, 0.5) is 0 Å². The van der Waals surface area contributed by atoms with Crippen molar-refractivity contribution in [3.05, 3.63) is 23.8 Å². The van der Waals surface area contributed by atoms with Crippen LogP contribution in [0.3, 0.4) is 0 Å². The lowest BCUT2D eigenvalue weighted by Gasteiger charge is -2.36. The Bertz CT molecular complexity index is 418. The second-order valence-electron chi connectivity index (χ2n) is 4.73. The van der Waals surface area contributed by atoms with Crippen molar-refractivity contribution in [2.24, 2.45) is 0 Å². The van der Waals surface area contributed by atoms with Crippen LogP contribution < -0.4 is 9.47 Å². The number of aliphatic hydroxyl groups is 1. The van der Waals surface area contributed by atoms with Gasteiger partial charge in [-0.1, -0.05) is 0 Å². The zero-order valence-corrected chi connectivity index (χ0v) is 11.1. The number of hydrogen-bond acceptors (Lipinski definition) is 4. The molecule has 1 fully saturated rings. The lowest BCUT2D eigenvalue weighted by Crippen LogP contribution is -2.37. The first kappa shape index (κ1) is 13.2. The Morgan fingerprint density at radius 2 is 2.11 bits per heavy atom. The van der Waals surface area contributed by atoms with E-state index in [0.717, 1.165) is 11.3 Å². The Hall–Kier alpha value is -1.26. The van der Waals surface area contributed by atoms with Crippen LogP contribution in [0.2, 0.25) is 0 Å². The molecule has 0 amide bonds. The van der Waals surface area contributed by atoms with Crippen molar-refractivity contribution in [2.75, 3.05) is 20.8 Å². The quantitative estimate of drug-likeness (QED) is 0.895. The molecule has 1 aromatic rings. The number of benzene rings is 1. The molecule has 2 rings (SSSR count). The third-order valence-corrected chi connectivity index (χ3v) is 3.45. The van der Waals surface area contributed by atoms with Crippen LogP contribution in [0.25, 0.3) is 0 Å². The summed E-state index contributed by atoms with van der Waals surface area (Å²) in [7, 11) is 3.22. The van der Waals surface area contributed by atoms with Crippen LogP contribution in [0, 0.1) is 0 Å². The maximum Gasteiger partial charge on any atom is 0.125 e. The summed E-state index contributed by atoms with van der Waals surface area (Å²) in [6, 6.07) is 5.50. The zero-order chi connectivity index (χ0) is 13.2. The number of rotatable bonds is 3. The Labute approximate surface area is 107 Å². The molecule has 0 aliphatic carbocycles. The molecule has 4 heteroatoms. The van der Waals surface area contributed by atoms with Crippen molar-refractivity contribution in [1.82, 2.24) is 0 Å².